The highest BCUT2D eigenvalue weighted by atomic mass is 35.5. The molecule has 1 amide bonds. The van der Waals surface area contributed by atoms with Gasteiger partial charge in [-0.25, -0.2) is 23.6 Å². The number of hydrogen-bond acceptors (Lipinski definition) is 6. The Bertz CT molecular complexity index is 1340. The molecule has 0 unspecified atom stereocenters. The van der Waals surface area contributed by atoms with Gasteiger partial charge in [-0.05, 0) is 26.0 Å². The Morgan fingerprint density at radius 2 is 2.12 bits per heavy atom. The van der Waals surface area contributed by atoms with Gasteiger partial charge < -0.3 is 9.64 Å². The highest BCUT2D eigenvalue weighted by molar-refractivity contribution is 6.31. The van der Waals surface area contributed by atoms with Crippen molar-refractivity contribution in [3.63, 3.8) is 0 Å². The van der Waals surface area contributed by atoms with Crippen LogP contribution in [0.25, 0.3) is 5.65 Å². The SMILES string of the molecule is Cc1nc2c3c(nn2c(C)c1Cl)CN(C(=O)c1ccc(F)cc1OCCn1cncn1)C3. The number of rotatable bonds is 5. The van der Waals surface area contributed by atoms with E-state index in [1.807, 2.05) is 13.8 Å². The molecule has 0 saturated carbocycles. The van der Waals surface area contributed by atoms with Gasteiger partial charge in [0.1, 0.15) is 30.8 Å². The van der Waals surface area contributed by atoms with Gasteiger partial charge in [-0.1, -0.05) is 11.6 Å². The van der Waals surface area contributed by atoms with Gasteiger partial charge in [0.15, 0.2) is 5.65 Å². The lowest BCUT2D eigenvalue weighted by atomic mass is 10.1. The Balaban J connectivity index is 1.38. The van der Waals surface area contributed by atoms with E-state index in [0.29, 0.717) is 36.0 Å². The number of aryl methyl sites for hydroxylation is 2. The van der Waals surface area contributed by atoms with Gasteiger partial charge in [0.25, 0.3) is 5.91 Å². The average molecular weight is 456 g/mol. The summed E-state index contributed by atoms with van der Waals surface area (Å²) in [6.45, 7) is 5.03. The zero-order chi connectivity index (χ0) is 22.4. The first-order chi connectivity index (χ1) is 15.4. The number of fused-ring (bicyclic) bond motifs is 3. The van der Waals surface area contributed by atoms with Crippen molar-refractivity contribution >= 4 is 23.2 Å². The Kier molecular flexibility index (Phi) is 5.01. The molecule has 3 aromatic heterocycles. The van der Waals surface area contributed by atoms with Crippen molar-refractivity contribution in [3.05, 3.63) is 69.9 Å². The maximum atomic E-state index is 13.9. The van der Waals surface area contributed by atoms with E-state index in [2.05, 4.69) is 20.2 Å². The highest BCUT2D eigenvalue weighted by Crippen LogP contribution is 2.31. The maximum Gasteiger partial charge on any atom is 0.258 e. The number of carbonyl (C=O) groups is 1. The number of nitrogens with zero attached hydrogens (tertiary/aromatic N) is 7. The number of halogens is 2. The van der Waals surface area contributed by atoms with Gasteiger partial charge in [0.05, 0.1) is 47.3 Å². The van der Waals surface area contributed by atoms with E-state index in [0.717, 1.165) is 17.0 Å². The van der Waals surface area contributed by atoms with Crippen molar-refractivity contribution in [1.82, 2.24) is 34.3 Å². The molecule has 0 spiro atoms. The van der Waals surface area contributed by atoms with Crippen molar-refractivity contribution in [1.29, 1.82) is 0 Å². The summed E-state index contributed by atoms with van der Waals surface area (Å²) in [5.74, 6) is -0.559. The number of carbonyl (C=O) groups excluding carboxylic acids is 1. The van der Waals surface area contributed by atoms with Crippen molar-refractivity contribution in [3.8, 4) is 5.75 Å². The first-order valence-electron chi connectivity index (χ1n) is 9.99. The molecule has 164 valence electrons. The van der Waals surface area contributed by atoms with Crippen LogP contribution in [0, 0.1) is 19.7 Å². The number of hydrogen-bond donors (Lipinski definition) is 0. The predicted molar refractivity (Wildman–Crippen MR) is 113 cm³/mol. The molecule has 1 aromatic carbocycles. The van der Waals surface area contributed by atoms with Crippen LogP contribution in [0.4, 0.5) is 4.39 Å². The highest BCUT2D eigenvalue weighted by Gasteiger charge is 2.31. The standard InChI is InChI=1S/C21H19ClFN7O2/c1-12-19(22)13(2)30-20(26-12)16-8-28(9-17(16)27-30)21(31)15-4-3-14(23)7-18(15)32-6-5-29-11-24-10-25-29/h3-4,7,10-11H,5-6,8-9H2,1-2H3. The monoisotopic (exact) mass is 455 g/mol. The summed E-state index contributed by atoms with van der Waals surface area (Å²) in [4.78, 5) is 23.4. The topological polar surface area (TPSA) is 90.4 Å². The van der Waals surface area contributed by atoms with Gasteiger partial charge in [-0.2, -0.15) is 10.2 Å². The predicted octanol–water partition coefficient (Wildman–Crippen LogP) is 2.97. The molecule has 9 nitrogen and oxygen atoms in total. The number of ether oxygens (including phenoxy) is 1. The Labute approximate surface area is 187 Å². The van der Waals surface area contributed by atoms with E-state index in [4.69, 9.17) is 16.3 Å². The molecule has 5 rings (SSSR count). The van der Waals surface area contributed by atoms with Crippen molar-refractivity contribution in [2.45, 2.75) is 33.5 Å². The van der Waals surface area contributed by atoms with Gasteiger partial charge in [-0.15, -0.1) is 0 Å². The summed E-state index contributed by atoms with van der Waals surface area (Å²) in [5, 5.41) is 9.18. The lowest BCUT2D eigenvalue weighted by Gasteiger charge is -2.18. The summed E-state index contributed by atoms with van der Waals surface area (Å²) in [7, 11) is 0. The zero-order valence-electron chi connectivity index (χ0n) is 17.4. The van der Waals surface area contributed by atoms with Crippen LogP contribution in [0.15, 0.2) is 30.9 Å². The maximum absolute atomic E-state index is 13.9. The van der Waals surface area contributed by atoms with E-state index < -0.39 is 5.82 Å². The number of amides is 1. The largest absolute Gasteiger partial charge is 0.491 e. The minimum atomic E-state index is -0.480. The van der Waals surface area contributed by atoms with Gasteiger partial charge in [0, 0.05) is 11.6 Å². The van der Waals surface area contributed by atoms with Crippen LogP contribution < -0.4 is 4.74 Å². The first kappa shape index (κ1) is 20.4. The molecule has 0 fully saturated rings. The molecule has 0 N–H and O–H groups in total. The Hall–Kier alpha value is -3.53. The minimum absolute atomic E-state index is 0.186. The molecule has 0 atom stereocenters. The van der Waals surface area contributed by atoms with Crippen LogP contribution in [-0.2, 0) is 19.6 Å². The fraction of sp³-hybridized carbons (Fsp3) is 0.286. The third-order valence-electron chi connectivity index (χ3n) is 5.46. The molecule has 0 aliphatic carbocycles. The van der Waals surface area contributed by atoms with E-state index in [1.54, 1.807) is 20.4 Å². The van der Waals surface area contributed by atoms with Crippen molar-refractivity contribution < 1.29 is 13.9 Å². The first-order valence-corrected chi connectivity index (χ1v) is 10.4. The molecule has 32 heavy (non-hydrogen) atoms. The van der Waals surface area contributed by atoms with Crippen LogP contribution >= 0.6 is 11.6 Å². The van der Waals surface area contributed by atoms with Crippen LogP contribution in [0.5, 0.6) is 5.75 Å². The normalized spacial score (nSPS) is 13.1. The Morgan fingerprint density at radius 1 is 1.28 bits per heavy atom. The van der Waals surface area contributed by atoms with E-state index >= 15 is 0 Å². The summed E-state index contributed by atoms with van der Waals surface area (Å²) < 4.78 is 22.9. The molecule has 4 aromatic rings. The average Bonchev–Trinajstić information content (AvgIpc) is 3.49. The summed E-state index contributed by atoms with van der Waals surface area (Å²) in [5.41, 5.74) is 4.16. The molecule has 4 heterocycles. The van der Waals surface area contributed by atoms with Crippen LogP contribution in [0.2, 0.25) is 5.02 Å². The number of aromatic nitrogens is 6. The van der Waals surface area contributed by atoms with Gasteiger partial charge in [0.2, 0.25) is 0 Å². The molecule has 0 saturated heterocycles. The van der Waals surface area contributed by atoms with Gasteiger partial charge in [-0.3, -0.25) is 4.79 Å². The lowest BCUT2D eigenvalue weighted by molar-refractivity contribution is 0.0745. The minimum Gasteiger partial charge on any atom is -0.491 e. The summed E-state index contributed by atoms with van der Waals surface area (Å²) in [6.07, 6.45) is 2.98. The summed E-state index contributed by atoms with van der Waals surface area (Å²) >= 11 is 6.30. The van der Waals surface area contributed by atoms with Crippen molar-refractivity contribution in [2.24, 2.45) is 0 Å². The fourth-order valence-electron chi connectivity index (χ4n) is 3.82. The molecule has 1 aliphatic rings. The van der Waals surface area contributed by atoms with Crippen LogP contribution in [-0.4, -0.2) is 46.8 Å². The second-order valence-corrected chi connectivity index (χ2v) is 7.94. The molecule has 11 heteroatoms. The van der Waals surface area contributed by atoms with E-state index in [-0.39, 0.29) is 23.8 Å². The lowest BCUT2D eigenvalue weighted by Crippen LogP contribution is -2.27. The van der Waals surface area contributed by atoms with Crippen LogP contribution in [0.3, 0.4) is 0 Å². The third-order valence-corrected chi connectivity index (χ3v) is 6.01. The summed E-state index contributed by atoms with van der Waals surface area (Å²) in [6, 6.07) is 3.91. The second kappa shape index (κ2) is 7.86. The number of benzene rings is 1. The zero-order valence-corrected chi connectivity index (χ0v) is 18.2. The molecule has 0 bridgehead atoms. The fourth-order valence-corrected chi connectivity index (χ4v) is 3.94. The quantitative estimate of drug-likeness (QED) is 0.459. The third kappa shape index (κ3) is 3.46. The van der Waals surface area contributed by atoms with Gasteiger partial charge >= 0.3 is 0 Å². The van der Waals surface area contributed by atoms with E-state index in [9.17, 15) is 9.18 Å². The van der Waals surface area contributed by atoms with Crippen molar-refractivity contribution in [2.75, 3.05) is 6.61 Å². The molecular formula is C21H19ClFN7O2. The molecule has 1 aliphatic heterocycles. The molecular weight excluding hydrogens is 437 g/mol. The van der Waals surface area contributed by atoms with Crippen LogP contribution in [0.1, 0.15) is 33.0 Å². The van der Waals surface area contributed by atoms with E-state index in [1.165, 1.54) is 24.5 Å². The second-order valence-electron chi connectivity index (χ2n) is 7.57. The molecule has 0 radical (unpaired) electrons. The smallest absolute Gasteiger partial charge is 0.258 e. The Morgan fingerprint density at radius 3 is 2.91 bits per heavy atom.